The molecule has 0 aliphatic carbocycles. The Morgan fingerprint density at radius 1 is 1.05 bits per heavy atom. The van der Waals surface area contributed by atoms with Gasteiger partial charge in [-0.05, 0) is 55.3 Å². The Balaban J connectivity index is 1.29. The Bertz CT molecular complexity index is 1550. The van der Waals surface area contributed by atoms with Crippen LogP contribution in [0.25, 0.3) is 11.3 Å². The maximum Gasteiger partial charge on any atom is 0.242 e. The number of benzene rings is 3. The lowest BCUT2D eigenvalue weighted by Crippen LogP contribution is -2.35. The smallest absolute Gasteiger partial charge is 0.242 e. The molecule has 0 spiro atoms. The summed E-state index contributed by atoms with van der Waals surface area (Å²) in [6, 6.07) is 28.5. The van der Waals surface area contributed by atoms with E-state index >= 15 is 0 Å². The minimum absolute atomic E-state index is 0.0309. The molecule has 40 heavy (non-hydrogen) atoms. The second-order valence-corrected chi connectivity index (χ2v) is 10.9. The Morgan fingerprint density at radius 2 is 1.85 bits per heavy atom. The van der Waals surface area contributed by atoms with Crippen LogP contribution in [0.1, 0.15) is 23.3 Å². The molecule has 7 nitrogen and oxygen atoms in total. The van der Waals surface area contributed by atoms with E-state index in [0.29, 0.717) is 40.4 Å². The number of amidine groups is 1. The summed E-state index contributed by atoms with van der Waals surface area (Å²) >= 11 is 7.34. The fraction of sp³-hybridized carbons (Fsp3) is 0.161. The maximum absolute atomic E-state index is 13.4. The van der Waals surface area contributed by atoms with Crippen molar-refractivity contribution >= 4 is 52.2 Å². The van der Waals surface area contributed by atoms with Crippen molar-refractivity contribution in [3.05, 3.63) is 113 Å². The first-order valence-corrected chi connectivity index (χ1v) is 14.1. The van der Waals surface area contributed by atoms with Gasteiger partial charge in [0.05, 0.1) is 6.21 Å². The van der Waals surface area contributed by atoms with Gasteiger partial charge in [-0.3, -0.25) is 14.5 Å². The number of anilines is 1. The second-order valence-electron chi connectivity index (χ2n) is 9.29. The van der Waals surface area contributed by atoms with Crippen molar-refractivity contribution in [2.45, 2.75) is 25.0 Å². The average molecular weight is 571 g/mol. The topological polar surface area (TPSA) is 87.3 Å². The summed E-state index contributed by atoms with van der Waals surface area (Å²) in [7, 11) is 0. The zero-order chi connectivity index (χ0) is 27.9. The van der Waals surface area contributed by atoms with Gasteiger partial charge >= 0.3 is 0 Å². The van der Waals surface area contributed by atoms with Gasteiger partial charge in [0.25, 0.3) is 0 Å². The number of nitrogens with zero attached hydrogens (tertiary/aromatic N) is 3. The summed E-state index contributed by atoms with van der Waals surface area (Å²) in [5.41, 5.74) is 3.76. The second kappa shape index (κ2) is 12.8. The minimum Gasteiger partial charge on any atom is -0.455 e. The van der Waals surface area contributed by atoms with E-state index in [4.69, 9.17) is 16.0 Å². The zero-order valence-electron chi connectivity index (χ0n) is 21.8. The highest BCUT2D eigenvalue weighted by molar-refractivity contribution is 8.15. The number of carbonyl (C=O) groups is 2. The number of nitrogens with one attached hydrogen (secondary N) is 1. The average Bonchev–Trinajstić information content (AvgIpc) is 3.54. The molecule has 3 aromatic carbocycles. The van der Waals surface area contributed by atoms with Crippen LogP contribution in [0.3, 0.4) is 0 Å². The molecule has 1 N–H and O–H groups in total. The summed E-state index contributed by atoms with van der Waals surface area (Å²) in [6.07, 6.45) is 2.18. The number of rotatable bonds is 9. The van der Waals surface area contributed by atoms with Gasteiger partial charge in [-0.1, -0.05) is 83.5 Å². The van der Waals surface area contributed by atoms with Gasteiger partial charge in [-0.25, -0.2) is 0 Å². The van der Waals surface area contributed by atoms with Crippen molar-refractivity contribution in [2.75, 3.05) is 11.9 Å². The van der Waals surface area contributed by atoms with E-state index < -0.39 is 5.25 Å². The molecule has 1 atom stereocenters. The van der Waals surface area contributed by atoms with Gasteiger partial charge < -0.3 is 9.73 Å². The standard InChI is InChI=1S/C31H27ClN4O3S/c1-21-10-12-25(13-11-21)34-29(37)19-28-30(38)36(17-16-22-6-3-2-4-7-22)31(40-28)35-33-20-26-14-15-27(39-26)23-8-5-9-24(32)18-23/h2-15,18,20,28H,16-17,19H2,1H3,(H,34,37)/b33-20+,35-31-. The van der Waals surface area contributed by atoms with E-state index in [9.17, 15) is 9.59 Å². The molecule has 4 aromatic rings. The van der Waals surface area contributed by atoms with Crippen molar-refractivity contribution in [1.82, 2.24) is 4.90 Å². The fourth-order valence-electron chi connectivity index (χ4n) is 4.18. The molecule has 1 fully saturated rings. The van der Waals surface area contributed by atoms with Crippen molar-refractivity contribution in [1.29, 1.82) is 0 Å². The quantitative estimate of drug-likeness (QED) is 0.177. The highest BCUT2D eigenvalue weighted by Gasteiger charge is 2.39. The summed E-state index contributed by atoms with van der Waals surface area (Å²) in [5, 5.41) is 11.9. The van der Waals surface area contributed by atoms with Crippen molar-refractivity contribution in [3.63, 3.8) is 0 Å². The largest absolute Gasteiger partial charge is 0.455 e. The third-order valence-corrected chi connectivity index (χ3v) is 7.66. The molecule has 2 amide bonds. The van der Waals surface area contributed by atoms with Crippen LogP contribution < -0.4 is 5.32 Å². The number of hydrogen-bond acceptors (Lipinski definition) is 6. The maximum atomic E-state index is 13.4. The number of carbonyl (C=O) groups excluding carboxylic acids is 2. The van der Waals surface area contributed by atoms with E-state index in [-0.39, 0.29) is 18.2 Å². The molecule has 202 valence electrons. The fourth-order valence-corrected chi connectivity index (χ4v) is 5.49. The molecule has 5 rings (SSSR count). The lowest BCUT2D eigenvalue weighted by molar-refractivity contribution is -0.128. The molecule has 0 saturated carbocycles. The Hall–Kier alpha value is -4.14. The number of aryl methyl sites for hydroxylation is 1. The number of furan rings is 1. The first-order chi connectivity index (χ1) is 19.4. The van der Waals surface area contributed by atoms with Crippen molar-refractivity contribution in [2.24, 2.45) is 10.2 Å². The van der Waals surface area contributed by atoms with Crippen LogP contribution in [0.4, 0.5) is 5.69 Å². The molecule has 0 radical (unpaired) electrons. The first-order valence-electron chi connectivity index (χ1n) is 12.8. The Labute approximate surface area is 241 Å². The monoisotopic (exact) mass is 570 g/mol. The molecule has 0 bridgehead atoms. The van der Waals surface area contributed by atoms with Crippen LogP contribution in [0.2, 0.25) is 5.02 Å². The van der Waals surface area contributed by atoms with Gasteiger partial charge in [0.15, 0.2) is 5.17 Å². The first kappa shape index (κ1) is 27.4. The van der Waals surface area contributed by atoms with Crippen molar-refractivity contribution < 1.29 is 14.0 Å². The predicted molar refractivity (Wildman–Crippen MR) is 162 cm³/mol. The molecule has 1 aliphatic heterocycles. The number of hydrogen-bond donors (Lipinski definition) is 1. The van der Waals surface area contributed by atoms with E-state index in [1.165, 1.54) is 18.0 Å². The van der Waals surface area contributed by atoms with Gasteiger partial charge in [-0.2, -0.15) is 5.10 Å². The summed E-state index contributed by atoms with van der Waals surface area (Å²) in [4.78, 5) is 27.7. The van der Waals surface area contributed by atoms with Crippen molar-refractivity contribution in [3.8, 4) is 11.3 Å². The van der Waals surface area contributed by atoms with Crippen LogP contribution in [-0.2, 0) is 16.0 Å². The highest BCUT2D eigenvalue weighted by Crippen LogP contribution is 2.30. The van der Waals surface area contributed by atoms with Crippen LogP contribution >= 0.6 is 23.4 Å². The van der Waals surface area contributed by atoms with Crippen LogP contribution in [-0.4, -0.2) is 39.9 Å². The third-order valence-electron chi connectivity index (χ3n) is 6.26. The number of thioether (sulfide) groups is 1. The van der Waals surface area contributed by atoms with Crippen LogP contribution in [0, 0.1) is 6.92 Å². The van der Waals surface area contributed by atoms with E-state index in [0.717, 1.165) is 16.7 Å². The molecule has 9 heteroatoms. The molecule has 1 aromatic heterocycles. The molecule has 1 aliphatic rings. The molecular weight excluding hydrogens is 544 g/mol. The normalized spacial score (nSPS) is 16.2. The minimum atomic E-state index is -0.590. The van der Waals surface area contributed by atoms with Crippen LogP contribution in [0.15, 0.2) is 106 Å². The van der Waals surface area contributed by atoms with E-state index in [1.807, 2.05) is 85.8 Å². The molecule has 1 saturated heterocycles. The molecule has 1 unspecified atom stereocenters. The predicted octanol–water partition coefficient (Wildman–Crippen LogP) is 6.81. The zero-order valence-corrected chi connectivity index (χ0v) is 23.4. The number of amides is 2. The summed E-state index contributed by atoms with van der Waals surface area (Å²) < 4.78 is 5.86. The summed E-state index contributed by atoms with van der Waals surface area (Å²) in [5.74, 6) is 0.784. The Morgan fingerprint density at radius 3 is 2.62 bits per heavy atom. The molecule has 2 heterocycles. The van der Waals surface area contributed by atoms with Gasteiger partial charge in [-0.15, -0.1) is 5.10 Å². The van der Waals surface area contributed by atoms with Crippen LogP contribution in [0.5, 0.6) is 0 Å². The van der Waals surface area contributed by atoms with E-state index in [1.54, 1.807) is 17.0 Å². The lowest BCUT2D eigenvalue weighted by Gasteiger charge is -2.15. The highest BCUT2D eigenvalue weighted by atomic mass is 35.5. The van der Waals surface area contributed by atoms with Gasteiger partial charge in [0.1, 0.15) is 16.8 Å². The van der Waals surface area contributed by atoms with Gasteiger partial charge in [0.2, 0.25) is 11.8 Å². The SMILES string of the molecule is Cc1ccc(NC(=O)CC2S/C(=N\N=C\c3ccc(-c4cccc(Cl)c4)o3)N(CCc3ccccc3)C2=O)cc1. The molecular formula is C31H27ClN4O3S. The third kappa shape index (κ3) is 7.08. The van der Waals surface area contributed by atoms with Gasteiger partial charge in [0, 0.05) is 29.2 Å². The summed E-state index contributed by atoms with van der Waals surface area (Å²) in [6.45, 7) is 2.41. The van der Waals surface area contributed by atoms with E-state index in [2.05, 4.69) is 15.5 Å². The Kier molecular flexibility index (Phi) is 8.78. The lowest BCUT2D eigenvalue weighted by atomic mass is 10.1. The number of halogens is 1.